The van der Waals surface area contributed by atoms with Crippen molar-refractivity contribution in [2.24, 2.45) is 0 Å². The summed E-state index contributed by atoms with van der Waals surface area (Å²) in [4.78, 5) is 11.4. The Labute approximate surface area is 87.8 Å². The van der Waals surface area contributed by atoms with Crippen molar-refractivity contribution in [1.82, 2.24) is 0 Å². The number of methoxy groups -OCH3 is 2. The minimum atomic E-state index is -0.492. The Balaban J connectivity index is 3.20. The monoisotopic (exact) mass is 212 g/mol. The van der Waals surface area contributed by atoms with Gasteiger partial charge in [0.05, 0.1) is 18.8 Å². The molecule has 4 heteroatoms. The molecule has 1 atom stereocenters. The van der Waals surface area contributed by atoms with E-state index in [2.05, 4.69) is 4.74 Å². The van der Waals surface area contributed by atoms with Crippen molar-refractivity contribution in [3.05, 3.63) is 35.1 Å². The number of hydrogen-bond donors (Lipinski definition) is 0. The highest BCUT2D eigenvalue weighted by Gasteiger charge is 2.16. The van der Waals surface area contributed by atoms with E-state index in [4.69, 9.17) is 4.74 Å². The molecule has 0 N–H and O–H groups in total. The normalized spacial score (nSPS) is 12.3. The van der Waals surface area contributed by atoms with E-state index in [-0.39, 0.29) is 6.10 Å². The molecular weight excluding hydrogens is 199 g/mol. The van der Waals surface area contributed by atoms with E-state index in [9.17, 15) is 9.18 Å². The summed E-state index contributed by atoms with van der Waals surface area (Å²) in [5, 5.41) is 0. The maximum Gasteiger partial charge on any atom is 0.338 e. The van der Waals surface area contributed by atoms with Crippen LogP contribution < -0.4 is 0 Å². The number of carbonyl (C=O) groups excluding carboxylic acids is 1. The van der Waals surface area contributed by atoms with Crippen LogP contribution in [0.3, 0.4) is 0 Å². The Morgan fingerprint density at radius 3 is 2.60 bits per heavy atom. The quantitative estimate of drug-likeness (QED) is 0.721. The summed E-state index contributed by atoms with van der Waals surface area (Å²) in [5.41, 5.74) is 0.817. The first kappa shape index (κ1) is 11.7. The summed E-state index contributed by atoms with van der Waals surface area (Å²) in [6.45, 7) is 1.74. The van der Waals surface area contributed by atoms with E-state index in [1.54, 1.807) is 6.92 Å². The van der Waals surface area contributed by atoms with Gasteiger partial charge in [-0.1, -0.05) is 0 Å². The van der Waals surface area contributed by atoms with Crippen LogP contribution in [-0.4, -0.2) is 20.2 Å². The van der Waals surface area contributed by atoms with Crippen LogP contribution in [0.1, 0.15) is 28.9 Å². The average Bonchev–Trinajstić information content (AvgIpc) is 2.26. The highest BCUT2D eigenvalue weighted by atomic mass is 19.1. The third-order valence-corrected chi connectivity index (χ3v) is 2.21. The second-order valence-corrected chi connectivity index (χ2v) is 3.10. The van der Waals surface area contributed by atoms with E-state index >= 15 is 0 Å². The van der Waals surface area contributed by atoms with Crippen LogP contribution in [0, 0.1) is 5.82 Å². The number of halogens is 1. The zero-order valence-electron chi connectivity index (χ0n) is 8.91. The number of rotatable bonds is 3. The highest BCUT2D eigenvalue weighted by Crippen LogP contribution is 2.22. The fourth-order valence-electron chi connectivity index (χ4n) is 1.29. The summed E-state index contributed by atoms with van der Waals surface area (Å²) < 4.78 is 22.7. The number of ether oxygens (including phenoxy) is 2. The largest absolute Gasteiger partial charge is 0.465 e. The Bertz CT molecular complexity index is 363. The van der Waals surface area contributed by atoms with Gasteiger partial charge < -0.3 is 9.47 Å². The van der Waals surface area contributed by atoms with E-state index in [1.165, 1.54) is 32.4 Å². The van der Waals surface area contributed by atoms with Crippen molar-refractivity contribution in [2.75, 3.05) is 14.2 Å². The van der Waals surface area contributed by atoms with Crippen molar-refractivity contribution in [2.45, 2.75) is 13.0 Å². The van der Waals surface area contributed by atoms with Gasteiger partial charge in [0.1, 0.15) is 5.82 Å². The highest BCUT2D eigenvalue weighted by molar-refractivity contribution is 5.91. The van der Waals surface area contributed by atoms with Crippen LogP contribution in [0.15, 0.2) is 18.2 Å². The first-order valence-corrected chi connectivity index (χ1v) is 4.50. The molecule has 0 spiro atoms. The van der Waals surface area contributed by atoms with Crippen molar-refractivity contribution >= 4 is 5.97 Å². The maximum atomic E-state index is 13.0. The number of esters is 1. The second-order valence-electron chi connectivity index (χ2n) is 3.10. The predicted octanol–water partition coefficient (Wildman–Crippen LogP) is 2.32. The molecule has 1 rings (SSSR count). The molecule has 0 heterocycles. The van der Waals surface area contributed by atoms with Gasteiger partial charge >= 0.3 is 5.97 Å². The molecule has 0 aliphatic rings. The molecule has 3 nitrogen and oxygen atoms in total. The topological polar surface area (TPSA) is 35.5 Å². The van der Waals surface area contributed by atoms with E-state index in [1.807, 2.05) is 0 Å². The Morgan fingerprint density at radius 2 is 2.07 bits per heavy atom. The van der Waals surface area contributed by atoms with E-state index < -0.39 is 11.8 Å². The van der Waals surface area contributed by atoms with Crippen LogP contribution >= 0.6 is 0 Å². The molecule has 0 amide bonds. The van der Waals surface area contributed by atoms with Gasteiger partial charge in [-0.3, -0.25) is 0 Å². The summed E-state index contributed by atoms with van der Waals surface area (Å²) in [5.74, 6) is -0.893. The third kappa shape index (κ3) is 2.53. The lowest BCUT2D eigenvalue weighted by Crippen LogP contribution is -2.09. The molecule has 1 aromatic rings. The zero-order chi connectivity index (χ0) is 11.4. The van der Waals surface area contributed by atoms with Gasteiger partial charge in [-0.2, -0.15) is 0 Å². The van der Waals surface area contributed by atoms with Crippen LogP contribution in [0.4, 0.5) is 4.39 Å². The van der Waals surface area contributed by atoms with Crippen molar-refractivity contribution < 1.29 is 18.7 Å². The van der Waals surface area contributed by atoms with E-state index in [0.717, 1.165) is 0 Å². The molecule has 0 aliphatic heterocycles. The fraction of sp³-hybridized carbons (Fsp3) is 0.364. The number of hydrogen-bond acceptors (Lipinski definition) is 3. The summed E-state index contributed by atoms with van der Waals surface area (Å²) in [6.07, 6.45) is -0.352. The van der Waals surface area contributed by atoms with Crippen LogP contribution in [-0.2, 0) is 9.47 Å². The fourth-order valence-corrected chi connectivity index (χ4v) is 1.29. The Morgan fingerprint density at radius 1 is 1.40 bits per heavy atom. The van der Waals surface area contributed by atoms with Crippen molar-refractivity contribution in [1.29, 1.82) is 0 Å². The summed E-state index contributed by atoms with van der Waals surface area (Å²) in [7, 11) is 2.78. The van der Waals surface area contributed by atoms with Gasteiger partial charge in [-0.25, -0.2) is 9.18 Å². The van der Waals surface area contributed by atoms with Crippen LogP contribution in [0.5, 0.6) is 0 Å². The minimum absolute atomic E-state index is 0.327. The Hall–Kier alpha value is -1.42. The SMILES string of the molecule is COC(=O)c1ccc(F)cc1C(C)OC. The molecule has 0 aliphatic carbocycles. The molecule has 15 heavy (non-hydrogen) atoms. The molecule has 0 aromatic heterocycles. The minimum Gasteiger partial charge on any atom is -0.465 e. The van der Waals surface area contributed by atoms with Gasteiger partial charge in [0.15, 0.2) is 0 Å². The second kappa shape index (κ2) is 4.89. The van der Waals surface area contributed by atoms with Gasteiger partial charge in [-0.15, -0.1) is 0 Å². The molecule has 0 fully saturated rings. The third-order valence-electron chi connectivity index (χ3n) is 2.21. The van der Waals surface area contributed by atoms with Crippen molar-refractivity contribution in [3.8, 4) is 0 Å². The molecular formula is C11H13FO3. The first-order valence-electron chi connectivity index (χ1n) is 4.50. The smallest absolute Gasteiger partial charge is 0.338 e. The van der Waals surface area contributed by atoms with E-state index in [0.29, 0.717) is 11.1 Å². The molecule has 1 aromatic carbocycles. The molecule has 82 valence electrons. The average molecular weight is 212 g/mol. The molecule has 0 radical (unpaired) electrons. The summed E-state index contributed by atoms with van der Waals surface area (Å²) >= 11 is 0. The maximum absolute atomic E-state index is 13.0. The van der Waals surface area contributed by atoms with Gasteiger partial charge in [0.2, 0.25) is 0 Å². The number of benzene rings is 1. The van der Waals surface area contributed by atoms with Crippen molar-refractivity contribution in [3.63, 3.8) is 0 Å². The van der Waals surface area contributed by atoms with Gasteiger partial charge in [0, 0.05) is 7.11 Å². The Kier molecular flexibility index (Phi) is 3.80. The summed E-state index contributed by atoms with van der Waals surface area (Å²) in [6, 6.07) is 3.89. The standard InChI is InChI=1S/C11H13FO3/c1-7(14-2)10-6-8(12)4-5-9(10)11(13)15-3/h4-7H,1-3H3. The molecule has 0 bridgehead atoms. The zero-order valence-corrected chi connectivity index (χ0v) is 8.91. The van der Waals surface area contributed by atoms with Crippen LogP contribution in [0.25, 0.3) is 0 Å². The lowest BCUT2D eigenvalue weighted by atomic mass is 10.0. The first-order chi connectivity index (χ1) is 7.10. The lowest BCUT2D eigenvalue weighted by Gasteiger charge is -2.13. The predicted molar refractivity (Wildman–Crippen MR) is 53.2 cm³/mol. The van der Waals surface area contributed by atoms with Gasteiger partial charge in [0.25, 0.3) is 0 Å². The molecule has 0 saturated heterocycles. The van der Waals surface area contributed by atoms with Crippen LogP contribution in [0.2, 0.25) is 0 Å². The number of carbonyl (C=O) groups is 1. The lowest BCUT2D eigenvalue weighted by molar-refractivity contribution is 0.0588. The molecule has 0 saturated carbocycles. The molecule has 1 unspecified atom stereocenters. The van der Waals surface area contributed by atoms with Gasteiger partial charge in [-0.05, 0) is 30.7 Å².